The van der Waals surface area contributed by atoms with Crippen LogP contribution in [-0.2, 0) is 21.4 Å². The van der Waals surface area contributed by atoms with Gasteiger partial charge in [0.05, 0.1) is 12.7 Å². The number of benzene rings is 1. The van der Waals surface area contributed by atoms with Crippen LogP contribution >= 0.6 is 12.4 Å². The summed E-state index contributed by atoms with van der Waals surface area (Å²) in [6.07, 6.45) is 0.911. The number of nitrogens with one attached hydrogen (secondary N) is 2. The topological polar surface area (TPSA) is 70.7 Å². The predicted molar refractivity (Wildman–Crippen MR) is 96.6 cm³/mol. The third kappa shape index (κ3) is 4.28. The van der Waals surface area contributed by atoms with Crippen molar-refractivity contribution >= 4 is 22.6 Å². The smallest absolute Gasteiger partial charge is 0.279 e. The molecular weight excluding hydrogens is 350 g/mol. The van der Waals surface area contributed by atoms with Crippen LogP contribution in [0, 0.1) is 0 Å². The summed E-state index contributed by atoms with van der Waals surface area (Å²) in [4.78, 5) is 0. The minimum atomic E-state index is -3.50. The summed E-state index contributed by atoms with van der Waals surface area (Å²) in [5, 5.41) is 3.40. The molecule has 3 rings (SSSR count). The number of halogens is 1. The first kappa shape index (κ1) is 19.6. The van der Waals surface area contributed by atoms with Crippen LogP contribution in [0.15, 0.2) is 24.3 Å². The van der Waals surface area contributed by atoms with E-state index >= 15 is 0 Å². The monoisotopic (exact) mass is 375 g/mol. The highest BCUT2D eigenvalue weighted by atomic mass is 35.5. The molecule has 2 aliphatic rings. The molecule has 0 aromatic heterocycles. The van der Waals surface area contributed by atoms with E-state index in [4.69, 9.17) is 4.74 Å². The fraction of sp³-hybridized carbons (Fsp3) is 0.625. The Morgan fingerprint density at radius 2 is 2.08 bits per heavy atom. The van der Waals surface area contributed by atoms with E-state index in [2.05, 4.69) is 22.2 Å². The normalized spacial score (nSPS) is 28.0. The van der Waals surface area contributed by atoms with Crippen molar-refractivity contribution in [2.75, 3.05) is 26.2 Å². The molecule has 1 aromatic rings. The Morgan fingerprint density at radius 1 is 1.33 bits per heavy atom. The molecule has 1 aromatic carbocycles. The van der Waals surface area contributed by atoms with Crippen LogP contribution in [0.3, 0.4) is 0 Å². The molecule has 3 atom stereocenters. The fourth-order valence-electron chi connectivity index (χ4n) is 3.25. The van der Waals surface area contributed by atoms with Crippen molar-refractivity contribution in [3.05, 3.63) is 35.4 Å². The van der Waals surface area contributed by atoms with Gasteiger partial charge in [0.1, 0.15) is 0 Å². The average molecular weight is 376 g/mol. The molecule has 1 fully saturated rings. The van der Waals surface area contributed by atoms with Crippen molar-refractivity contribution in [3.63, 3.8) is 0 Å². The van der Waals surface area contributed by atoms with Crippen molar-refractivity contribution in [1.29, 1.82) is 0 Å². The second kappa shape index (κ2) is 8.12. The van der Waals surface area contributed by atoms with Crippen LogP contribution in [0.1, 0.15) is 31.0 Å². The molecule has 0 amide bonds. The zero-order valence-electron chi connectivity index (χ0n) is 14.1. The van der Waals surface area contributed by atoms with Gasteiger partial charge in [-0.1, -0.05) is 24.3 Å². The predicted octanol–water partition coefficient (Wildman–Crippen LogP) is 1.24. The van der Waals surface area contributed by atoms with Gasteiger partial charge in [0.15, 0.2) is 0 Å². The van der Waals surface area contributed by atoms with E-state index in [1.807, 2.05) is 26.0 Å². The minimum absolute atomic E-state index is 0. The third-order valence-electron chi connectivity index (χ3n) is 4.54. The quantitative estimate of drug-likeness (QED) is 0.830. The number of fused-ring (bicyclic) bond motifs is 1. The zero-order valence-corrected chi connectivity index (χ0v) is 15.7. The first-order chi connectivity index (χ1) is 11.0. The van der Waals surface area contributed by atoms with Crippen molar-refractivity contribution in [3.8, 4) is 0 Å². The molecule has 2 N–H and O–H groups in total. The number of rotatable bonds is 4. The maximum absolute atomic E-state index is 12.6. The number of hydrogen-bond donors (Lipinski definition) is 2. The van der Waals surface area contributed by atoms with Crippen LogP contribution in [0.4, 0.5) is 0 Å². The molecule has 1 saturated heterocycles. The fourth-order valence-corrected chi connectivity index (χ4v) is 4.74. The highest BCUT2D eigenvalue weighted by Gasteiger charge is 2.33. The SMILES string of the molecule is CC1CN(S(=O)(=O)NCC2NCCc3ccccc32)C(C)CO1.Cl. The Hall–Kier alpha value is -0.700. The molecule has 0 spiro atoms. The minimum Gasteiger partial charge on any atom is -0.375 e. The van der Waals surface area contributed by atoms with Gasteiger partial charge in [-0.2, -0.15) is 12.7 Å². The summed E-state index contributed by atoms with van der Waals surface area (Å²) in [6.45, 7) is 5.83. The van der Waals surface area contributed by atoms with Gasteiger partial charge in [0.2, 0.25) is 0 Å². The Labute approximate surface area is 150 Å². The third-order valence-corrected chi connectivity index (χ3v) is 6.20. The van der Waals surface area contributed by atoms with E-state index in [1.165, 1.54) is 15.4 Å². The number of morpholine rings is 1. The molecule has 136 valence electrons. The standard InChI is InChI=1S/C16H25N3O3S.ClH/c1-12-11-22-13(2)10-19(12)23(20,21)18-9-16-15-6-4-3-5-14(15)7-8-17-16;/h3-6,12-13,16-18H,7-11H2,1-2H3;1H. The summed E-state index contributed by atoms with van der Waals surface area (Å²) in [6, 6.07) is 8.09. The van der Waals surface area contributed by atoms with E-state index in [9.17, 15) is 8.42 Å². The number of nitrogens with zero attached hydrogens (tertiary/aromatic N) is 1. The first-order valence-electron chi connectivity index (χ1n) is 8.16. The van der Waals surface area contributed by atoms with Crippen LogP contribution in [-0.4, -0.2) is 51.1 Å². The molecule has 3 unspecified atom stereocenters. The Bertz CT molecular complexity index is 656. The maximum Gasteiger partial charge on any atom is 0.279 e. The van der Waals surface area contributed by atoms with Crippen LogP contribution in [0.2, 0.25) is 0 Å². The van der Waals surface area contributed by atoms with Gasteiger partial charge in [0.25, 0.3) is 10.2 Å². The zero-order chi connectivity index (χ0) is 16.4. The van der Waals surface area contributed by atoms with Crippen LogP contribution < -0.4 is 10.0 Å². The Morgan fingerprint density at radius 3 is 2.88 bits per heavy atom. The summed E-state index contributed by atoms with van der Waals surface area (Å²) >= 11 is 0. The second-order valence-corrected chi connectivity index (χ2v) is 8.08. The average Bonchev–Trinajstić information content (AvgIpc) is 2.55. The second-order valence-electron chi connectivity index (χ2n) is 6.37. The van der Waals surface area contributed by atoms with E-state index in [-0.39, 0.29) is 30.6 Å². The summed E-state index contributed by atoms with van der Waals surface area (Å²) in [5.41, 5.74) is 2.48. The molecule has 6 nitrogen and oxygen atoms in total. The lowest BCUT2D eigenvalue weighted by molar-refractivity contribution is -0.0175. The van der Waals surface area contributed by atoms with E-state index in [0.717, 1.165) is 13.0 Å². The highest BCUT2D eigenvalue weighted by Crippen LogP contribution is 2.22. The highest BCUT2D eigenvalue weighted by molar-refractivity contribution is 7.87. The Balaban J connectivity index is 0.00000208. The van der Waals surface area contributed by atoms with Crippen molar-refractivity contribution in [1.82, 2.24) is 14.3 Å². The van der Waals surface area contributed by atoms with Crippen molar-refractivity contribution in [2.45, 2.75) is 38.5 Å². The molecule has 2 heterocycles. The summed E-state index contributed by atoms with van der Waals surface area (Å²) < 4.78 is 35.0. The molecule has 0 aliphatic carbocycles. The molecule has 0 radical (unpaired) electrons. The molecule has 8 heteroatoms. The lowest BCUT2D eigenvalue weighted by Crippen LogP contribution is -2.54. The number of ether oxygens (including phenoxy) is 1. The number of hydrogen-bond acceptors (Lipinski definition) is 4. The molecule has 0 bridgehead atoms. The molecule has 24 heavy (non-hydrogen) atoms. The van der Waals surface area contributed by atoms with Crippen molar-refractivity contribution < 1.29 is 13.2 Å². The van der Waals surface area contributed by atoms with E-state index in [0.29, 0.717) is 19.7 Å². The van der Waals surface area contributed by atoms with Crippen LogP contribution in [0.5, 0.6) is 0 Å². The molecular formula is C16H26ClN3O3S. The van der Waals surface area contributed by atoms with Gasteiger partial charge in [-0.05, 0) is 37.9 Å². The van der Waals surface area contributed by atoms with Gasteiger partial charge in [-0.3, -0.25) is 0 Å². The van der Waals surface area contributed by atoms with Crippen molar-refractivity contribution in [2.24, 2.45) is 0 Å². The van der Waals surface area contributed by atoms with Gasteiger partial charge >= 0.3 is 0 Å². The lowest BCUT2D eigenvalue weighted by Gasteiger charge is -2.36. The van der Waals surface area contributed by atoms with Gasteiger partial charge in [-0.25, -0.2) is 4.72 Å². The summed E-state index contributed by atoms with van der Waals surface area (Å²) in [5.74, 6) is 0. The Kier molecular flexibility index (Phi) is 6.64. The first-order valence-corrected chi connectivity index (χ1v) is 9.60. The lowest BCUT2D eigenvalue weighted by atomic mass is 9.95. The largest absolute Gasteiger partial charge is 0.375 e. The van der Waals surface area contributed by atoms with Gasteiger partial charge in [-0.15, -0.1) is 12.4 Å². The van der Waals surface area contributed by atoms with E-state index in [1.54, 1.807) is 0 Å². The maximum atomic E-state index is 12.6. The van der Waals surface area contributed by atoms with Gasteiger partial charge in [0, 0.05) is 25.2 Å². The molecule has 2 aliphatic heterocycles. The van der Waals surface area contributed by atoms with Gasteiger partial charge < -0.3 is 10.1 Å². The van der Waals surface area contributed by atoms with Crippen LogP contribution in [0.25, 0.3) is 0 Å². The van der Waals surface area contributed by atoms with E-state index < -0.39 is 10.2 Å². The molecule has 0 saturated carbocycles. The summed E-state index contributed by atoms with van der Waals surface area (Å²) in [7, 11) is -3.50.